The number of carboxylic acids is 1. The number of aromatic nitrogens is 2. The largest absolute Gasteiger partial charge is 0.497 e. The zero-order chi connectivity index (χ0) is 21.8. The minimum Gasteiger partial charge on any atom is -0.497 e. The van der Waals surface area contributed by atoms with E-state index in [4.69, 9.17) is 9.47 Å². The third-order valence-electron chi connectivity index (χ3n) is 4.79. The Morgan fingerprint density at radius 2 is 2.00 bits per heavy atom. The molecule has 0 fully saturated rings. The highest BCUT2D eigenvalue weighted by atomic mass is 32.1. The van der Waals surface area contributed by atoms with Crippen molar-refractivity contribution in [3.8, 4) is 16.6 Å². The normalized spacial score (nSPS) is 11.7. The summed E-state index contributed by atoms with van der Waals surface area (Å²) in [5, 5.41) is 14.9. The van der Waals surface area contributed by atoms with E-state index in [2.05, 4.69) is 10.3 Å². The lowest BCUT2D eigenvalue weighted by molar-refractivity contribution is -0.137. The third-order valence-corrected chi connectivity index (χ3v) is 5.54. The average Bonchev–Trinajstić information content (AvgIpc) is 3.34. The summed E-state index contributed by atoms with van der Waals surface area (Å²) in [6.45, 7) is 3.73. The molecular formula is C21H23N3O5S. The fourth-order valence-corrected chi connectivity index (χ4v) is 4.12. The number of aliphatic carboxylic acids is 1. The number of benzene rings is 1. The Morgan fingerprint density at radius 1 is 1.23 bits per heavy atom. The van der Waals surface area contributed by atoms with E-state index in [9.17, 15) is 14.7 Å². The van der Waals surface area contributed by atoms with Crippen LogP contribution in [0.4, 0.5) is 0 Å². The molecule has 9 heteroatoms. The van der Waals surface area contributed by atoms with Crippen LogP contribution in [-0.4, -0.2) is 40.8 Å². The van der Waals surface area contributed by atoms with E-state index < -0.39 is 12.0 Å². The van der Waals surface area contributed by atoms with Gasteiger partial charge in [-0.25, -0.2) is 4.98 Å². The predicted molar refractivity (Wildman–Crippen MR) is 113 cm³/mol. The quantitative estimate of drug-likeness (QED) is 0.568. The van der Waals surface area contributed by atoms with E-state index in [0.29, 0.717) is 22.6 Å². The van der Waals surface area contributed by atoms with Gasteiger partial charge in [0.2, 0.25) is 0 Å². The van der Waals surface area contributed by atoms with Crippen LogP contribution >= 0.6 is 11.3 Å². The summed E-state index contributed by atoms with van der Waals surface area (Å²) >= 11 is 1.47. The maximum atomic E-state index is 13.1. The number of methoxy groups -OCH3 is 2. The van der Waals surface area contributed by atoms with Crippen molar-refractivity contribution in [1.29, 1.82) is 0 Å². The third kappa shape index (κ3) is 4.30. The molecule has 3 rings (SSSR count). The highest BCUT2D eigenvalue weighted by Gasteiger charge is 2.25. The van der Waals surface area contributed by atoms with E-state index >= 15 is 0 Å². The van der Waals surface area contributed by atoms with Gasteiger partial charge in [0.1, 0.15) is 11.5 Å². The van der Waals surface area contributed by atoms with E-state index in [0.717, 1.165) is 16.5 Å². The van der Waals surface area contributed by atoms with Crippen molar-refractivity contribution in [3.05, 3.63) is 58.4 Å². The fourth-order valence-electron chi connectivity index (χ4n) is 3.37. The number of carboxylic acid groups (broad SMARTS) is 1. The van der Waals surface area contributed by atoms with Gasteiger partial charge in [0.05, 0.1) is 32.2 Å². The number of ether oxygens (including phenoxy) is 2. The molecule has 0 aliphatic carbocycles. The molecule has 0 spiro atoms. The maximum absolute atomic E-state index is 13.1. The first-order chi connectivity index (χ1) is 14.3. The molecule has 0 aliphatic heterocycles. The average molecular weight is 429 g/mol. The number of nitrogens with zero attached hydrogens (tertiary/aromatic N) is 2. The molecule has 0 unspecified atom stereocenters. The number of hydrogen-bond donors (Lipinski definition) is 2. The number of thiazole rings is 1. The summed E-state index contributed by atoms with van der Waals surface area (Å²) in [6, 6.07) is 6.05. The van der Waals surface area contributed by atoms with Gasteiger partial charge in [0, 0.05) is 34.6 Å². The van der Waals surface area contributed by atoms with Crippen LogP contribution in [0.5, 0.6) is 11.5 Å². The van der Waals surface area contributed by atoms with Gasteiger partial charge in [-0.3, -0.25) is 14.2 Å². The van der Waals surface area contributed by atoms with Gasteiger partial charge in [-0.05, 0) is 32.0 Å². The molecule has 0 aliphatic rings. The first kappa shape index (κ1) is 21.4. The van der Waals surface area contributed by atoms with Crippen molar-refractivity contribution < 1.29 is 24.2 Å². The van der Waals surface area contributed by atoms with Crippen molar-refractivity contribution in [2.24, 2.45) is 0 Å². The Morgan fingerprint density at radius 3 is 2.60 bits per heavy atom. The lowest BCUT2D eigenvalue weighted by Crippen LogP contribution is -2.30. The zero-order valence-corrected chi connectivity index (χ0v) is 17.9. The second-order valence-electron chi connectivity index (χ2n) is 6.67. The topological polar surface area (TPSA) is 103 Å². The summed E-state index contributed by atoms with van der Waals surface area (Å²) < 4.78 is 12.5. The van der Waals surface area contributed by atoms with Crippen molar-refractivity contribution in [2.45, 2.75) is 26.3 Å². The SMILES string of the molecule is COc1ccc([C@H](CC(=O)O)NC(=O)c2cc(C)n(-c3nccs3)c2C)c(OC)c1. The molecule has 0 saturated heterocycles. The van der Waals surface area contributed by atoms with E-state index in [1.165, 1.54) is 25.6 Å². The zero-order valence-electron chi connectivity index (χ0n) is 17.1. The molecule has 0 radical (unpaired) electrons. The summed E-state index contributed by atoms with van der Waals surface area (Å²) in [6.07, 6.45) is 1.41. The van der Waals surface area contributed by atoms with Crippen molar-refractivity contribution in [1.82, 2.24) is 14.9 Å². The molecule has 2 heterocycles. The molecule has 2 N–H and O–H groups in total. The van der Waals surface area contributed by atoms with Crippen molar-refractivity contribution >= 4 is 23.2 Å². The Balaban J connectivity index is 1.94. The molecular weight excluding hydrogens is 406 g/mol. The molecule has 30 heavy (non-hydrogen) atoms. The second kappa shape index (κ2) is 9.00. The van der Waals surface area contributed by atoms with Gasteiger partial charge in [0.25, 0.3) is 5.91 Å². The number of hydrogen-bond acceptors (Lipinski definition) is 6. The van der Waals surface area contributed by atoms with Gasteiger partial charge in [-0.15, -0.1) is 11.3 Å². The molecule has 2 aromatic heterocycles. The van der Waals surface area contributed by atoms with Crippen LogP contribution in [0, 0.1) is 13.8 Å². The molecule has 1 aromatic carbocycles. The lowest BCUT2D eigenvalue weighted by Gasteiger charge is -2.20. The number of carbonyl (C=O) groups excluding carboxylic acids is 1. The van der Waals surface area contributed by atoms with Gasteiger partial charge >= 0.3 is 5.97 Å². The molecule has 3 aromatic rings. The Bertz CT molecular complexity index is 1060. The number of nitrogens with one attached hydrogen (secondary N) is 1. The standard InChI is InChI=1S/C21H23N3O5S/c1-12-9-16(13(2)24(12)21-22-7-8-30-21)20(27)23-17(11-19(25)26)15-6-5-14(28-3)10-18(15)29-4/h5-10,17H,11H2,1-4H3,(H,23,27)(H,25,26)/t17-/m0/s1. The molecule has 8 nitrogen and oxygen atoms in total. The van der Waals surface area contributed by atoms with Crippen LogP contribution in [0.1, 0.15) is 39.8 Å². The lowest BCUT2D eigenvalue weighted by atomic mass is 10.0. The number of amides is 1. The van der Waals surface area contributed by atoms with Gasteiger partial charge in [0.15, 0.2) is 5.13 Å². The summed E-state index contributed by atoms with van der Waals surface area (Å²) in [5.74, 6) is -0.390. The van der Waals surface area contributed by atoms with Crippen molar-refractivity contribution in [2.75, 3.05) is 14.2 Å². The van der Waals surface area contributed by atoms with E-state index in [1.807, 2.05) is 23.8 Å². The van der Waals surface area contributed by atoms with Crippen LogP contribution in [0.25, 0.3) is 5.13 Å². The Labute approximate surface area is 178 Å². The highest BCUT2D eigenvalue weighted by Crippen LogP contribution is 2.32. The smallest absolute Gasteiger partial charge is 0.305 e. The molecule has 1 atom stereocenters. The molecule has 0 saturated carbocycles. The summed E-state index contributed by atoms with van der Waals surface area (Å²) in [7, 11) is 3.02. The molecule has 1 amide bonds. The summed E-state index contributed by atoms with van der Waals surface area (Å²) in [5.41, 5.74) is 2.62. The van der Waals surface area contributed by atoms with E-state index in [-0.39, 0.29) is 12.3 Å². The first-order valence-corrected chi connectivity index (χ1v) is 10.1. The predicted octanol–water partition coefficient (Wildman–Crippen LogP) is 3.51. The van der Waals surface area contributed by atoms with Crippen LogP contribution in [0.3, 0.4) is 0 Å². The van der Waals surface area contributed by atoms with Gasteiger partial charge in [-0.2, -0.15) is 0 Å². The highest BCUT2D eigenvalue weighted by molar-refractivity contribution is 7.12. The first-order valence-electron chi connectivity index (χ1n) is 9.19. The minimum absolute atomic E-state index is 0.292. The van der Waals surface area contributed by atoms with Crippen LogP contribution < -0.4 is 14.8 Å². The van der Waals surface area contributed by atoms with Gasteiger partial charge in [-0.1, -0.05) is 0 Å². The van der Waals surface area contributed by atoms with Crippen LogP contribution in [0.15, 0.2) is 35.8 Å². The second-order valence-corrected chi connectivity index (χ2v) is 7.54. The molecule has 0 bridgehead atoms. The van der Waals surface area contributed by atoms with Gasteiger partial charge < -0.3 is 19.9 Å². The monoisotopic (exact) mass is 429 g/mol. The number of rotatable bonds is 8. The minimum atomic E-state index is -1.04. The van der Waals surface area contributed by atoms with E-state index in [1.54, 1.807) is 30.5 Å². The Kier molecular flexibility index (Phi) is 6.41. The molecule has 158 valence electrons. The van der Waals surface area contributed by atoms with Crippen molar-refractivity contribution in [3.63, 3.8) is 0 Å². The van der Waals surface area contributed by atoms with Crippen LogP contribution in [0.2, 0.25) is 0 Å². The number of carbonyl (C=O) groups is 2. The maximum Gasteiger partial charge on any atom is 0.305 e. The fraction of sp³-hybridized carbons (Fsp3) is 0.286. The summed E-state index contributed by atoms with van der Waals surface area (Å²) in [4.78, 5) is 28.9. The number of aryl methyl sites for hydroxylation is 1. The van der Waals surface area contributed by atoms with Crippen LogP contribution in [-0.2, 0) is 4.79 Å². The Hall–Kier alpha value is -3.33.